The Balaban J connectivity index is 2.05. The standard InChI is InChI=1S/C17H16N2O4S2/c1-11-16(12-5-9-15(10-6-12)25(18,21)22)17(19-23-11)13-3-7-14(8-4-13)24(2)20/h3-10H,1-2H3,(H2,18,21,22). The lowest BCUT2D eigenvalue weighted by Gasteiger charge is -2.06. The summed E-state index contributed by atoms with van der Waals surface area (Å²) in [5.41, 5.74) is 2.99. The maximum Gasteiger partial charge on any atom is 0.238 e. The minimum absolute atomic E-state index is 0.0432. The zero-order chi connectivity index (χ0) is 18.2. The summed E-state index contributed by atoms with van der Waals surface area (Å²) >= 11 is -1.05. The third kappa shape index (κ3) is 3.62. The summed E-state index contributed by atoms with van der Waals surface area (Å²) in [6, 6.07) is 13.4. The van der Waals surface area contributed by atoms with E-state index in [-0.39, 0.29) is 4.90 Å². The summed E-state index contributed by atoms with van der Waals surface area (Å²) in [4.78, 5) is 0.768. The molecule has 1 unspecified atom stereocenters. The van der Waals surface area contributed by atoms with E-state index in [1.54, 1.807) is 37.4 Å². The van der Waals surface area contributed by atoms with Crippen molar-refractivity contribution in [2.24, 2.45) is 5.14 Å². The van der Waals surface area contributed by atoms with E-state index >= 15 is 0 Å². The molecule has 0 saturated heterocycles. The van der Waals surface area contributed by atoms with Crippen LogP contribution < -0.4 is 5.14 Å². The Morgan fingerprint density at radius 2 is 1.60 bits per heavy atom. The highest BCUT2D eigenvalue weighted by atomic mass is 32.2. The van der Waals surface area contributed by atoms with Gasteiger partial charge in [0.1, 0.15) is 17.7 Å². The van der Waals surface area contributed by atoms with Crippen molar-refractivity contribution in [3.05, 3.63) is 54.3 Å². The van der Waals surface area contributed by atoms with Gasteiger partial charge >= 0.3 is 0 Å². The summed E-state index contributed by atoms with van der Waals surface area (Å²) in [5, 5.41) is 9.25. The van der Waals surface area contributed by atoms with Gasteiger partial charge < -0.3 is 9.08 Å². The summed E-state index contributed by atoms with van der Waals surface area (Å²) in [7, 11) is -3.74. The quantitative estimate of drug-likeness (QED) is 0.704. The first kappa shape index (κ1) is 17.7. The van der Waals surface area contributed by atoms with E-state index < -0.39 is 21.2 Å². The normalized spacial score (nSPS) is 13.0. The molecular formula is C17H16N2O4S2. The zero-order valence-corrected chi connectivity index (χ0v) is 15.2. The second kappa shape index (κ2) is 6.64. The summed E-state index contributed by atoms with van der Waals surface area (Å²) in [5.74, 6) is 0.613. The Morgan fingerprint density at radius 3 is 2.12 bits per heavy atom. The largest absolute Gasteiger partial charge is 0.612 e. The molecule has 0 fully saturated rings. The molecule has 25 heavy (non-hydrogen) atoms. The fourth-order valence-corrected chi connectivity index (χ4v) is 3.56. The molecule has 1 atom stereocenters. The van der Waals surface area contributed by atoms with Crippen LogP contribution in [0.5, 0.6) is 0 Å². The van der Waals surface area contributed by atoms with Crippen LogP contribution in [0.25, 0.3) is 22.4 Å². The molecule has 2 aromatic carbocycles. The van der Waals surface area contributed by atoms with E-state index in [2.05, 4.69) is 5.16 Å². The maximum atomic E-state index is 11.5. The minimum Gasteiger partial charge on any atom is -0.612 e. The van der Waals surface area contributed by atoms with Gasteiger partial charge in [0, 0.05) is 5.56 Å². The zero-order valence-electron chi connectivity index (χ0n) is 13.6. The molecule has 0 aliphatic heterocycles. The highest BCUT2D eigenvalue weighted by Crippen LogP contribution is 2.34. The van der Waals surface area contributed by atoms with Crippen molar-refractivity contribution in [1.82, 2.24) is 5.16 Å². The predicted molar refractivity (Wildman–Crippen MR) is 95.8 cm³/mol. The van der Waals surface area contributed by atoms with Crippen molar-refractivity contribution in [3.63, 3.8) is 0 Å². The predicted octanol–water partition coefficient (Wildman–Crippen LogP) is 2.70. The Labute approximate surface area is 148 Å². The minimum atomic E-state index is -3.74. The second-order valence-corrected chi connectivity index (χ2v) is 8.45. The van der Waals surface area contributed by atoms with Crippen LogP contribution in [0.4, 0.5) is 0 Å². The first-order chi connectivity index (χ1) is 11.8. The van der Waals surface area contributed by atoms with E-state index in [9.17, 15) is 13.0 Å². The number of hydrogen-bond acceptors (Lipinski definition) is 5. The van der Waals surface area contributed by atoms with E-state index in [1.807, 2.05) is 12.1 Å². The van der Waals surface area contributed by atoms with Gasteiger partial charge in [-0.15, -0.1) is 0 Å². The van der Waals surface area contributed by atoms with Gasteiger partial charge in [-0.25, -0.2) is 13.6 Å². The number of rotatable bonds is 4. The lowest BCUT2D eigenvalue weighted by molar-refractivity contribution is 0.400. The Hall–Kier alpha value is -2.13. The SMILES string of the molecule is Cc1onc(-c2ccc([S+](C)[O-])cc2)c1-c1ccc(S(N)(=O)=O)cc1. The fraction of sp³-hybridized carbons (Fsp3) is 0.118. The molecular weight excluding hydrogens is 360 g/mol. The number of sulfonamides is 1. The Morgan fingerprint density at radius 1 is 1.04 bits per heavy atom. The van der Waals surface area contributed by atoms with Gasteiger partial charge in [0.15, 0.2) is 4.90 Å². The number of nitrogens with zero attached hydrogens (tertiary/aromatic N) is 1. The number of nitrogens with two attached hydrogens (primary N) is 1. The molecule has 3 rings (SSSR count). The molecule has 8 heteroatoms. The molecule has 130 valence electrons. The molecule has 3 aromatic rings. The first-order valence-corrected chi connectivity index (χ1v) is 10.4. The summed E-state index contributed by atoms with van der Waals surface area (Å²) in [6.07, 6.45) is 1.62. The van der Waals surface area contributed by atoms with Crippen LogP contribution in [0, 0.1) is 6.92 Å². The van der Waals surface area contributed by atoms with Crippen LogP contribution in [0.15, 0.2) is 62.8 Å². The average Bonchev–Trinajstić information content (AvgIpc) is 2.96. The topological polar surface area (TPSA) is 109 Å². The van der Waals surface area contributed by atoms with E-state index in [0.717, 1.165) is 21.6 Å². The molecule has 6 nitrogen and oxygen atoms in total. The van der Waals surface area contributed by atoms with Gasteiger partial charge in [-0.2, -0.15) is 0 Å². The molecule has 0 saturated carbocycles. The van der Waals surface area contributed by atoms with Crippen molar-refractivity contribution < 1.29 is 17.5 Å². The van der Waals surface area contributed by atoms with Crippen molar-refractivity contribution in [1.29, 1.82) is 0 Å². The van der Waals surface area contributed by atoms with Crippen molar-refractivity contribution in [2.75, 3.05) is 6.26 Å². The van der Waals surface area contributed by atoms with Crippen LogP contribution in [-0.2, 0) is 21.2 Å². The van der Waals surface area contributed by atoms with Crippen LogP contribution in [-0.4, -0.2) is 24.4 Å². The lowest BCUT2D eigenvalue weighted by Crippen LogP contribution is -2.11. The molecule has 0 aliphatic rings. The molecule has 0 spiro atoms. The number of aryl methyl sites for hydroxylation is 1. The van der Waals surface area contributed by atoms with Gasteiger partial charge in [-0.3, -0.25) is 0 Å². The van der Waals surface area contributed by atoms with Crippen molar-refractivity contribution in [2.45, 2.75) is 16.7 Å². The van der Waals surface area contributed by atoms with Crippen LogP contribution in [0.3, 0.4) is 0 Å². The first-order valence-electron chi connectivity index (χ1n) is 7.31. The molecule has 1 heterocycles. The molecule has 0 radical (unpaired) electrons. The average molecular weight is 376 g/mol. The third-order valence-electron chi connectivity index (χ3n) is 3.79. The monoisotopic (exact) mass is 376 g/mol. The molecule has 0 aliphatic carbocycles. The summed E-state index contributed by atoms with van der Waals surface area (Å²) in [6.45, 7) is 1.79. The van der Waals surface area contributed by atoms with Gasteiger partial charge in [0.25, 0.3) is 0 Å². The van der Waals surface area contributed by atoms with E-state index in [4.69, 9.17) is 9.66 Å². The molecule has 0 bridgehead atoms. The Bertz CT molecular complexity index is 992. The van der Waals surface area contributed by atoms with Crippen LogP contribution in [0.2, 0.25) is 0 Å². The second-order valence-electron chi connectivity index (χ2n) is 5.51. The van der Waals surface area contributed by atoms with Crippen LogP contribution >= 0.6 is 0 Å². The maximum absolute atomic E-state index is 11.5. The highest BCUT2D eigenvalue weighted by molar-refractivity contribution is 7.90. The number of primary sulfonamides is 1. The van der Waals surface area contributed by atoms with Crippen molar-refractivity contribution in [3.8, 4) is 22.4 Å². The van der Waals surface area contributed by atoms with E-state index in [1.165, 1.54) is 12.1 Å². The van der Waals surface area contributed by atoms with Crippen molar-refractivity contribution >= 4 is 21.2 Å². The Kier molecular flexibility index (Phi) is 4.70. The third-order valence-corrected chi connectivity index (χ3v) is 5.66. The lowest BCUT2D eigenvalue weighted by atomic mass is 10.00. The van der Waals surface area contributed by atoms with Crippen LogP contribution in [0.1, 0.15) is 5.76 Å². The number of hydrogen-bond donors (Lipinski definition) is 1. The van der Waals surface area contributed by atoms with Gasteiger partial charge in [0.05, 0.1) is 10.5 Å². The smallest absolute Gasteiger partial charge is 0.238 e. The van der Waals surface area contributed by atoms with Gasteiger partial charge in [-0.05, 0) is 60.1 Å². The summed E-state index contributed by atoms with van der Waals surface area (Å²) < 4.78 is 39.6. The number of benzene rings is 2. The molecule has 2 N–H and O–H groups in total. The molecule has 0 amide bonds. The number of aromatic nitrogens is 1. The van der Waals surface area contributed by atoms with E-state index in [0.29, 0.717) is 11.5 Å². The van der Waals surface area contributed by atoms with Gasteiger partial charge in [-0.1, -0.05) is 17.3 Å². The fourth-order valence-electron chi connectivity index (χ4n) is 2.52. The van der Waals surface area contributed by atoms with Gasteiger partial charge in [0.2, 0.25) is 10.0 Å². The molecule has 1 aromatic heterocycles. The highest BCUT2D eigenvalue weighted by Gasteiger charge is 2.18.